The van der Waals surface area contributed by atoms with Crippen LogP contribution in [0.25, 0.3) is 6.08 Å². The van der Waals surface area contributed by atoms with Gasteiger partial charge >= 0.3 is 6.03 Å². The van der Waals surface area contributed by atoms with E-state index in [4.69, 9.17) is 32.7 Å². The number of urea groups is 1. The predicted octanol–water partition coefficient (Wildman–Crippen LogP) is 6.20. The summed E-state index contributed by atoms with van der Waals surface area (Å²) in [6.07, 6.45) is 1.97. The number of para-hydroxylation sites is 1. The first-order valence-electron chi connectivity index (χ1n) is 11.7. The van der Waals surface area contributed by atoms with Crippen LogP contribution in [0.1, 0.15) is 30.5 Å². The molecule has 4 rings (SSSR count). The van der Waals surface area contributed by atoms with Gasteiger partial charge in [0.15, 0.2) is 11.5 Å². The molecule has 9 heteroatoms. The van der Waals surface area contributed by atoms with Gasteiger partial charge in [-0.05, 0) is 54.8 Å². The molecule has 0 bridgehead atoms. The van der Waals surface area contributed by atoms with Crippen LogP contribution in [0.5, 0.6) is 11.5 Å². The van der Waals surface area contributed by atoms with E-state index in [1.54, 1.807) is 30.3 Å². The SMILES string of the molecule is CCOc1cc(/C=C2/C(=O)NC(=O)N(c3ccccc3CC)C2=O)cc(Cl)c1OCc1ccccc1Cl. The van der Waals surface area contributed by atoms with Gasteiger partial charge in [0.05, 0.1) is 17.3 Å². The quantitative estimate of drug-likeness (QED) is 0.272. The smallest absolute Gasteiger partial charge is 0.335 e. The van der Waals surface area contributed by atoms with Gasteiger partial charge in [-0.3, -0.25) is 14.9 Å². The molecular formula is C28H24Cl2N2O5. The van der Waals surface area contributed by atoms with E-state index in [9.17, 15) is 14.4 Å². The molecule has 0 radical (unpaired) electrons. The van der Waals surface area contributed by atoms with E-state index in [2.05, 4.69) is 5.32 Å². The molecule has 1 saturated heterocycles. The maximum absolute atomic E-state index is 13.3. The van der Waals surface area contributed by atoms with Crippen molar-refractivity contribution in [3.63, 3.8) is 0 Å². The van der Waals surface area contributed by atoms with Gasteiger partial charge in [-0.25, -0.2) is 9.69 Å². The minimum Gasteiger partial charge on any atom is -0.490 e. The summed E-state index contributed by atoms with van der Waals surface area (Å²) in [7, 11) is 0. The molecular weight excluding hydrogens is 515 g/mol. The minimum absolute atomic E-state index is 0.161. The number of nitrogens with one attached hydrogen (secondary N) is 1. The summed E-state index contributed by atoms with van der Waals surface area (Å²) >= 11 is 12.8. The van der Waals surface area contributed by atoms with Crippen molar-refractivity contribution in [1.82, 2.24) is 5.32 Å². The number of carbonyl (C=O) groups is 3. The zero-order valence-electron chi connectivity index (χ0n) is 20.2. The van der Waals surface area contributed by atoms with Gasteiger partial charge in [0.1, 0.15) is 12.2 Å². The lowest BCUT2D eigenvalue weighted by Gasteiger charge is -2.28. The molecule has 1 aliphatic rings. The fourth-order valence-electron chi connectivity index (χ4n) is 3.91. The molecule has 0 saturated carbocycles. The Morgan fingerprint density at radius 3 is 2.30 bits per heavy atom. The van der Waals surface area contributed by atoms with Crippen LogP contribution in [0.2, 0.25) is 10.0 Å². The molecule has 7 nitrogen and oxygen atoms in total. The van der Waals surface area contributed by atoms with E-state index in [1.807, 2.05) is 44.2 Å². The molecule has 4 amide bonds. The third-order valence-electron chi connectivity index (χ3n) is 5.69. The molecule has 0 unspecified atom stereocenters. The second kappa shape index (κ2) is 11.5. The highest BCUT2D eigenvalue weighted by molar-refractivity contribution is 6.39. The average molecular weight is 539 g/mol. The molecule has 190 valence electrons. The van der Waals surface area contributed by atoms with Crippen molar-refractivity contribution < 1.29 is 23.9 Å². The van der Waals surface area contributed by atoms with E-state index in [0.29, 0.717) is 40.8 Å². The second-order valence-electron chi connectivity index (χ2n) is 8.08. The van der Waals surface area contributed by atoms with Crippen LogP contribution in [0.4, 0.5) is 10.5 Å². The van der Waals surface area contributed by atoms with Gasteiger partial charge in [-0.15, -0.1) is 0 Å². The van der Waals surface area contributed by atoms with Crippen LogP contribution >= 0.6 is 23.2 Å². The number of anilines is 1. The maximum atomic E-state index is 13.3. The number of ether oxygens (including phenoxy) is 2. The predicted molar refractivity (Wildman–Crippen MR) is 143 cm³/mol. The van der Waals surface area contributed by atoms with Crippen molar-refractivity contribution in [2.75, 3.05) is 11.5 Å². The first kappa shape index (κ1) is 26.3. The highest BCUT2D eigenvalue weighted by Gasteiger charge is 2.37. The third-order valence-corrected chi connectivity index (χ3v) is 6.34. The molecule has 3 aromatic rings. The molecule has 1 heterocycles. The van der Waals surface area contributed by atoms with Gasteiger partial charge in [-0.1, -0.05) is 66.5 Å². The van der Waals surface area contributed by atoms with E-state index >= 15 is 0 Å². The molecule has 0 spiro atoms. The maximum Gasteiger partial charge on any atom is 0.335 e. The van der Waals surface area contributed by atoms with Crippen molar-refractivity contribution in [2.24, 2.45) is 0 Å². The third kappa shape index (κ3) is 5.63. The number of nitrogens with zero attached hydrogens (tertiary/aromatic N) is 1. The number of rotatable bonds is 8. The molecule has 1 aliphatic heterocycles. The Hall–Kier alpha value is -3.81. The Kier molecular flexibility index (Phi) is 8.16. The van der Waals surface area contributed by atoms with Gasteiger partial charge < -0.3 is 9.47 Å². The van der Waals surface area contributed by atoms with Gasteiger partial charge in [0.2, 0.25) is 0 Å². The lowest BCUT2D eigenvalue weighted by atomic mass is 10.0. The number of barbiturate groups is 1. The average Bonchev–Trinajstić information content (AvgIpc) is 2.87. The summed E-state index contributed by atoms with van der Waals surface area (Å²) in [6.45, 7) is 4.21. The highest BCUT2D eigenvalue weighted by atomic mass is 35.5. The number of aryl methyl sites for hydroxylation is 1. The van der Waals surface area contributed by atoms with Crippen LogP contribution in [0, 0.1) is 0 Å². The number of imide groups is 2. The normalized spacial score (nSPS) is 14.6. The highest BCUT2D eigenvalue weighted by Crippen LogP contribution is 2.38. The number of carbonyl (C=O) groups excluding carboxylic acids is 3. The largest absolute Gasteiger partial charge is 0.490 e. The Morgan fingerprint density at radius 1 is 0.892 bits per heavy atom. The van der Waals surface area contributed by atoms with Crippen molar-refractivity contribution in [3.05, 3.63) is 93.0 Å². The van der Waals surface area contributed by atoms with Crippen molar-refractivity contribution in [1.29, 1.82) is 0 Å². The Morgan fingerprint density at radius 2 is 1.59 bits per heavy atom. The first-order valence-corrected chi connectivity index (χ1v) is 12.4. The molecule has 3 aromatic carbocycles. The Bertz CT molecular complexity index is 1400. The Labute approximate surface area is 224 Å². The van der Waals surface area contributed by atoms with Crippen molar-refractivity contribution >= 4 is 52.8 Å². The number of halogens is 2. The van der Waals surface area contributed by atoms with Gasteiger partial charge in [0, 0.05) is 10.6 Å². The summed E-state index contributed by atoms with van der Waals surface area (Å²) in [4.78, 5) is 39.6. The molecule has 1 fully saturated rings. The standard InChI is InChI=1S/C28H24Cl2N2O5/c1-3-18-9-6-8-12-23(18)32-27(34)20(26(33)31-28(32)35)13-17-14-22(30)25(24(15-17)36-4-2)37-16-19-10-5-7-11-21(19)29/h5-15H,3-4,16H2,1-2H3,(H,31,33,35)/b20-13-. The molecule has 37 heavy (non-hydrogen) atoms. The van der Waals surface area contributed by atoms with Crippen LogP contribution in [0.15, 0.2) is 66.2 Å². The zero-order chi connectivity index (χ0) is 26.5. The Balaban J connectivity index is 1.68. The van der Waals surface area contributed by atoms with Crippen LogP contribution in [-0.4, -0.2) is 24.5 Å². The lowest BCUT2D eigenvalue weighted by molar-refractivity contribution is -0.122. The lowest BCUT2D eigenvalue weighted by Crippen LogP contribution is -2.54. The fraction of sp³-hybridized carbons (Fsp3) is 0.179. The summed E-state index contributed by atoms with van der Waals surface area (Å²) in [5.41, 5.74) is 2.20. The fourth-order valence-corrected chi connectivity index (χ4v) is 4.37. The summed E-state index contributed by atoms with van der Waals surface area (Å²) in [5, 5.41) is 3.03. The monoisotopic (exact) mass is 538 g/mol. The second-order valence-corrected chi connectivity index (χ2v) is 8.90. The van der Waals surface area contributed by atoms with E-state index in [0.717, 1.165) is 16.0 Å². The molecule has 0 aromatic heterocycles. The summed E-state index contributed by atoms with van der Waals surface area (Å²) in [5.74, 6) is -0.892. The number of benzene rings is 3. The summed E-state index contributed by atoms with van der Waals surface area (Å²) < 4.78 is 11.7. The van der Waals surface area contributed by atoms with E-state index in [1.165, 1.54) is 6.08 Å². The van der Waals surface area contributed by atoms with Crippen LogP contribution in [-0.2, 0) is 22.6 Å². The first-order chi connectivity index (χ1) is 17.8. The van der Waals surface area contributed by atoms with Crippen LogP contribution < -0.4 is 19.7 Å². The van der Waals surface area contributed by atoms with Gasteiger partial charge in [-0.2, -0.15) is 0 Å². The van der Waals surface area contributed by atoms with E-state index < -0.39 is 17.8 Å². The minimum atomic E-state index is -0.801. The molecule has 0 atom stereocenters. The number of hydrogen-bond acceptors (Lipinski definition) is 5. The van der Waals surface area contributed by atoms with Crippen LogP contribution in [0.3, 0.4) is 0 Å². The summed E-state index contributed by atoms with van der Waals surface area (Å²) in [6, 6.07) is 16.7. The molecule has 0 aliphatic carbocycles. The van der Waals surface area contributed by atoms with Crippen molar-refractivity contribution in [2.45, 2.75) is 26.9 Å². The van der Waals surface area contributed by atoms with Crippen molar-refractivity contribution in [3.8, 4) is 11.5 Å². The molecule has 1 N–H and O–H groups in total. The van der Waals surface area contributed by atoms with E-state index in [-0.39, 0.29) is 17.2 Å². The zero-order valence-corrected chi connectivity index (χ0v) is 21.7. The number of amides is 4. The number of hydrogen-bond donors (Lipinski definition) is 1. The van der Waals surface area contributed by atoms with Gasteiger partial charge in [0.25, 0.3) is 11.8 Å². The topological polar surface area (TPSA) is 84.9 Å².